The van der Waals surface area contributed by atoms with Crippen LogP contribution in [0.25, 0.3) is 10.8 Å². The number of benzene rings is 1. The Bertz CT molecular complexity index is 686. The fourth-order valence-electron chi connectivity index (χ4n) is 3.05. The van der Waals surface area contributed by atoms with Gasteiger partial charge >= 0.3 is 5.97 Å². The molecule has 1 aromatic carbocycles. The van der Waals surface area contributed by atoms with E-state index in [0.29, 0.717) is 13.1 Å². The number of methoxy groups -OCH3 is 1. The molecule has 2 aromatic rings. The summed E-state index contributed by atoms with van der Waals surface area (Å²) in [4.78, 5) is 17.8. The first-order chi connectivity index (χ1) is 10.1. The number of rotatable bonds is 3. The zero-order chi connectivity index (χ0) is 15.0. The van der Waals surface area contributed by atoms with E-state index in [-0.39, 0.29) is 11.8 Å². The second-order valence-corrected chi connectivity index (χ2v) is 5.52. The smallest absolute Gasteiger partial charge is 0.308 e. The third kappa shape index (κ3) is 2.28. The van der Waals surface area contributed by atoms with Gasteiger partial charge in [0.15, 0.2) is 0 Å². The number of pyridine rings is 1. The van der Waals surface area contributed by atoms with Crippen LogP contribution in [-0.4, -0.2) is 36.3 Å². The van der Waals surface area contributed by atoms with Crippen LogP contribution in [0, 0.1) is 11.8 Å². The van der Waals surface area contributed by atoms with Crippen LogP contribution in [0.5, 0.6) is 5.75 Å². The number of hydrogen-bond donors (Lipinski definition) is 1. The van der Waals surface area contributed by atoms with Gasteiger partial charge in [0.25, 0.3) is 0 Å². The molecule has 5 nitrogen and oxygen atoms in total. The standard InChI is InChI=1S/C16H18N2O3/c1-10-8-18(9-13(10)16(19)20)15-12-4-3-5-14(21-2)11(12)6-7-17-15/h3-7,10,13H,8-9H2,1-2H3,(H,19,20). The molecule has 0 saturated carbocycles. The highest BCUT2D eigenvalue weighted by Gasteiger charge is 2.35. The van der Waals surface area contributed by atoms with E-state index in [1.807, 2.05) is 31.2 Å². The van der Waals surface area contributed by atoms with Crippen molar-refractivity contribution in [1.29, 1.82) is 0 Å². The predicted molar refractivity (Wildman–Crippen MR) is 80.8 cm³/mol. The topological polar surface area (TPSA) is 62.7 Å². The molecule has 0 radical (unpaired) electrons. The molecule has 1 fully saturated rings. The van der Waals surface area contributed by atoms with Crippen molar-refractivity contribution in [2.75, 3.05) is 25.1 Å². The number of fused-ring (bicyclic) bond motifs is 1. The highest BCUT2D eigenvalue weighted by Crippen LogP contribution is 2.34. The van der Waals surface area contributed by atoms with Gasteiger partial charge in [0.2, 0.25) is 0 Å². The van der Waals surface area contributed by atoms with Gasteiger partial charge in [-0.05, 0) is 18.1 Å². The molecule has 3 rings (SSSR count). The molecule has 1 aromatic heterocycles. The van der Waals surface area contributed by atoms with Crippen LogP contribution in [0.3, 0.4) is 0 Å². The third-order valence-electron chi connectivity index (χ3n) is 4.19. The Kier molecular flexibility index (Phi) is 3.41. The lowest BCUT2D eigenvalue weighted by Gasteiger charge is -2.19. The van der Waals surface area contributed by atoms with Crippen molar-refractivity contribution in [3.8, 4) is 5.75 Å². The molecule has 0 amide bonds. The number of aliphatic carboxylic acids is 1. The molecule has 1 saturated heterocycles. The Hall–Kier alpha value is -2.30. The summed E-state index contributed by atoms with van der Waals surface area (Å²) in [6.45, 7) is 3.19. The van der Waals surface area contributed by atoms with Gasteiger partial charge in [-0.3, -0.25) is 4.79 Å². The molecular weight excluding hydrogens is 268 g/mol. The molecule has 1 aliphatic rings. The normalized spacial score (nSPS) is 21.7. The van der Waals surface area contributed by atoms with Gasteiger partial charge < -0.3 is 14.7 Å². The van der Waals surface area contributed by atoms with Crippen molar-refractivity contribution in [2.24, 2.45) is 11.8 Å². The summed E-state index contributed by atoms with van der Waals surface area (Å²) in [6.07, 6.45) is 1.75. The summed E-state index contributed by atoms with van der Waals surface area (Å²) < 4.78 is 5.39. The average Bonchev–Trinajstić information content (AvgIpc) is 2.88. The first kappa shape index (κ1) is 13.7. The molecule has 2 unspecified atom stereocenters. The molecule has 1 aliphatic heterocycles. The van der Waals surface area contributed by atoms with E-state index in [2.05, 4.69) is 9.88 Å². The largest absolute Gasteiger partial charge is 0.496 e. The molecule has 1 N–H and O–H groups in total. The number of nitrogens with zero attached hydrogens (tertiary/aromatic N) is 2. The molecule has 2 heterocycles. The number of ether oxygens (including phenoxy) is 1. The fraction of sp³-hybridized carbons (Fsp3) is 0.375. The van der Waals surface area contributed by atoms with Gasteiger partial charge in [-0.2, -0.15) is 0 Å². The van der Waals surface area contributed by atoms with E-state index in [1.165, 1.54) is 0 Å². The van der Waals surface area contributed by atoms with E-state index in [0.717, 1.165) is 22.3 Å². The maximum Gasteiger partial charge on any atom is 0.308 e. The van der Waals surface area contributed by atoms with Gasteiger partial charge in [0.05, 0.1) is 13.0 Å². The summed E-state index contributed by atoms with van der Waals surface area (Å²) in [6, 6.07) is 7.77. The number of anilines is 1. The quantitative estimate of drug-likeness (QED) is 0.938. The minimum Gasteiger partial charge on any atom is -0.496 e. The SMILES string of the molecule is COc1cccc2c(N3CC(C)C(C(=O)O)C3)nccc12. The Balaban J connectivity index is 2.04. The number of aromatic nitrogens is 1. The maximum absolute atomic E-state index is 11.3. The van der Waals surface area contributed by atoms with Crippen molar-refractivity contribution >= 4 is 22.6 Å². The number of carboxylic acid groups (broad SMARTS) is 1. The van der Waals surface area contributed by atoms with Crippen LogP contribution in [0.2, 0.25) is 0 Å². The molecule has 5 heteroatoms. The minimum absolute atomic E-state index is 0.116. The summed E-state index contributed by atoms with van der Waals surface area (Å²) in [5, 5.41) is 11.3. The fourth-order valence-corrected chi connectivity index (χ4v) is 3.05. The van der Waals surface area contributed by atoms with Crippen LogP contribution in [0.4, 0.5) is 5.82 Å². The number of hydrogen-bond acceptors (Lipinski definition) is 4. The Morgan fingerprint density at radius 1 is 1.33 bits per heavy atom. The summed E-state index contributed by atoms with van der Waals surface area (Å²) in [5.74, 6) is 0.681. The second kappa shape index (κ2) is 5.24. The minimum atomic E-state index is -0.734. The highest BCUT2D eigenvalue weighted by atomic mass is 16.5. The van der Waals surface area contributed by atoms with Crippen molar-refractivity contribution in [1.82, 2.24) is 4.98 Å². The van der Waals surface area contributed by atoms with Gasteiger partial charge in [0, 0.05) is 30.1 Å². The van der Waals surface area contributed by atoms with Crippen molar-refractivity contribution in [3.05, 3.63) is 30.5 Å². The van der Waals surface area contributed by atoms with Crippen molar-refractivity contribution in [3.63, 3.8) is 0 Å². The van der Waals surface area contributed by atoms with E-state index in [4.69, 9.17) is 4.74 Å². The maximum atomic E-state index is 11.3. The van der Waals surface area contributed by atoms with Crippen LogP contribution < -0.4 is 9.64 Å². The monoisotopic (exact) mass is 286 g/mol. The lowest BCUT2D eigenvalue weighted by Crippen LogP contribution is -2.23. The first-order valence-corrected chi connectivity index (χ1v) is 7.01. The van der Waals surface area contributed by atoms with E-state index in [1.54, 1.807) is 13.3 Å². The molecule has 0 aliphatic carbocycles. The van der Waals surface area contributed by atoms with Crippen LogP contribution >= 0.6 is 0 Å². The van der Waals surface area contributed by atoms with Gasteiger partial charge in [-0.1, -0.05) is 19.1 Å². The lowest BCUT2D eigenvalue weighted by atomic mass is 9.99. The Morgan fingerprint density at radius 2 is 2.14 bits per heavy atom. The highest BCUT2D eigenvalue weighted by molar-refractivity contribution is 5.96. The Morgan fingerprint density at radius 3 is 2.81 bits per heavy atom. The van der Waals surface area contributed by atoms with Crippen LogP contribution in [0.1, 0.15) is 6.92 Å². The lowest BCUT2D eigenvalue weighted by molar-refractivity contribution is -0.142. The molecular formula is C16H18N2O3. The summed E-state index contributed by atoms with van der Waals surface area (Å²) in [5.41, 5.74) is 0. The van der Waals surface area contributed by atoms with E-state index < -0.39 is 5.97 Å². The number of carbonyl (C=O) groups is 1. The average molecular weight is 286 g/mol. The van der Waals surface area contributed by atoms with Gasteiger partial charge in [-0.15, -0.1) is 0 Å². The Labute approximate surface area is 123 Å². The van der Waals surface area contributed by atoms with Crippen molar-refractivity contribution < 1.29 is 14.6 Å². The van der Waals surface area contributed by atoms with E-state index in [9.17, 15) is 9.90 Å². The summed E-state index contributed by atoms with van der Waals surface area (Å²) >= 11 is 0. The molecule has 2 atom stereocenters. The predicted octanol–water partition coefficient (Wildman–Crippen LogP) is 2.40. The zero-order valence-electron chi connectivity index (χ0n) is 12.1. The van der Waals surface area contributed by atoms with Crippen LogP contribution in [-0.2, 0) is 4.79 Å². The van der Waals surface area contributed by atoms with Crippen molar-refractivity contribution in [2.45, 2.75) is 6.92 Å². The molecule has 0 spiro atoms. The zero-order valence-corrected chi connectivity index (χ0v) is 12.1. The molecule has 21 heavy (non-hydrogen) atoms. The second-order valence-electron chi connectivity index (χ2n) is 5.52. The van der Waals surface area contributed by atoms with E-state index >= 15 is 0 Å². The van der Waals surface area contributed by atoms with Gasteiger partial charge in [0.1, 0.15) is 11.6 Å². The van der Waals surface area contributed by atoms with Gasteiger partial charge in [-0.25, -0.2) is 4.98 Å². The summed E-state index contributed by atoms with van der Waals surface area (Å²) in [7, 11) is 1.65. The number of carboxylic acids is 1. The molecule has 110 valence electrons. The molecule has 0 bridgehead atoms. The van der Waals surface area contributed by atoms with Crippen LogP contribution in [0.15, 0.2) is 30.5 Å². The third-order valence-corrected chi connectivity index (χ3v) is 4.19. The first-order valence-electron chi connectivity index (χ1n) is 7.01.